The molecule has 2 rings (SSSR count). The number of aliphatic hydroxyl groups excluding tert-OH is 1. The first-order valence-corrected chi connectivity index (χ1v) is 10.5. The molecule has 0 bridgehead atoms. The summed E-state index contributed by atoms with van der Waals surface area (Å²) in [6, 6.07) is 2.22. The van der Waals surface area contributed by atoms with Crippen molar-refractivity contribution in [2.45, 2.75) is 49.6 Å². The lowest BCUT2D eigenvalue weighted by Gasteiger charge is -2.21. The van der Waals surface area contributed by atoms with E-state index in [-0.39, 0.29) is 15.5 Å². The van der Waals surface area contributed by atoms with Gasteiger partial charge in [-0.05, 0) is 38.0 Å². The van der Waals surface area contributed by atoms with E-state index >= 15 is 0 Å². The van der Waals surface area contributed by atoms with Crippen LogP contribution in [0.1, 0.15) is 43.0 Å². The summed E-state index contributed by atoms with van der Waals surface area (Å²) in [4.78, 5) is 23.3. The number of benzene rings is 1. The maximum absolute atomic E-state index is 12.9. The Balaban J connectivity index is 2.32. The van der Waals surface area contributed by atoms with E-state index in [1.165, 1.54) is 23.4 Å². The van der Waals surface area contributed by atoms with Crippen LogP contribution in [0.4, 0.5) is 0 Å². The molecule has 1 aliphatic rings. The summed E-state index contributed by atoms with van der Waals surface area (Å²) in [5, 5.41) is 20.7. The molecule has 8 nitrogen and oxygen atoms in total. The fraction of sp³-hybridized carbons (Fsp3) is 0.529. The highest BCUT2D eigenvalue weighted by atomic mass is 35.5. The fourth-order valence-corrected chi connectivity index (χ4v) is 4.89. The number of aliphatic hydroxyl groups is 1. The number of hydrogen-bond donors (Lipinski definition) is 3. The van der Waals surface area contributed by atoms with Crippen LogP contribution in [0, 0.1) is 0 Å². The first kappa shape index (κ1) is 21.6. The number of hydrogen-bond acceptors (Lipinski definition) is 5. The second-order valence-electron chi connectivity index (χ2n) is 6.49. The molecule has 0 saturated carbocycles. The number of carboxylic acids is 1. The van der Waals surface area contributed by atoms with Gasteiger partial charge < -0.3 is 15.5 Å². The molecule has 1 aromatic rings. The molecule has 0 unspecified atom stereocenters. The van der Waals surface area contributed by atoms with Gasteiger partial charge in [0, 0.05) is 18.7 Å². The minimum Gasteiger partial charge on any atom is -0.480 e. The van der Waals surface area contributed by atoms with Gasteiger partial charge in [0.05, 0.1) is 11.1 Å². The maximum Gasteiger partial charge on any atom is 0.328 e. The summed E-state index contributed by atoms with van der Waals surface area (Å²) in [6.45, 7) is 2.01. The summed E-state index contributed by atoms with van der Waals surface area (Å²) >= 11 is 6.08. The van der Waals surface area contributed by atoms with Crippen molar-refractivity contribution in [3.8, 4) is 0 Å². The van der Waals surface area contributed by atoms with Gasteiger partial charge in [0.15, 0.2) is 6.04 Å². The molecular formula is C17H23ClN2O6S. The predicted molar refractivity (Wildman–Crippen MR) is 99.2 cm³/mol. The molecule has 10 heteroatoms. The Labute approximate surface area is 163 Å². The van der Waals surface area contributed by atoms with E-state index in [0.29, 0.717) is 13.1 Å². The third kappa shape index (κ3) is 5.19. The van der Waals surface area contributed by atoms with Crippen LogP contribution in [0.15, 0.2) is 23.1 Å². The molecule has 1 heterocycles. The van der Waals surface area contributed by atoms with Crippen LogP contribution in [-0.4, -0.2) is 60.0 Å². The van der Waals surface area contributed by atoms with E-state index in [9.17, 15) is 23.1 Å². The smallest absolute Gasteiger partial charge is 0.328 e. The van der Waals surface area contributed by atoms with Gasteiger partial charge in [-0.2, -0.15) is 4.31 Å². The van der Waals surface area contributed by atoms with Crippen molar-refractivity contribution in [2.75, 3.05) is 13.1 Å². The second-order valence-corrected chi connectivity index (χ2v) is 8.81. The molecule has 1 aromatic carbocycles. The number of rotatable bonds is 6. The molecule has 2 atom stereocenters. The summed E-state index contributed by atoms with van der Waals surface area (Å²) in [5.74, 6) is -2.21. The van der Waals surface area contributed by atoms with Crippen molar-refractivity contribution in [2.24, 2.45) is 0 Å². The van der Waals surface area contributed by atoms with Gasteiger partial charge in [0.1, 0.15) is 4.90 Å². The van der Waals surface area contributed by atoms with Gasteiger partial charge in [-0.25, -0.2) is 13.2 Å². The molecule has 0 aliphatic carbocycles. The van der Waals surface area contributed by atoms with Crippen molar-refractivity contribution in [3.63, 3.8) is 0 Å². The number of nitrogens with zero attached hydrogens (tertiary/aromatic N) is 1. The van der Waals surface area contributed by atoms with Crippen LogP contribution in [-0.2, 0) is 14.8 Å². The molecule has 1 amide bonds. The fourth-order valence-electron chi connectivity index (χ4n) is 2.88. The van der Waals surface area contributed by atoms with Crippen LogP contribution >= 0.6 is 11.6 Å². The summed E-state index contributed by atoms with van der Waals surface area (Å²) in [6.07, 6.45) is 2.10. The highest BCUT2D eigenvalue weighted by Gasteiger charge is 2.29. The summed E-state index contributed by atoms with van der Waals surface area (Å²) in [5.41, 5.74) is -0.0558. The topological polar surface area (TPSA) is 124 Å². The van der Waals surface area contributed by atoms with Crippen molar-refractivity contribution in [1.29, 1.82) is 0 Å². The number of nitrogens with one attached hydrogen (secondary N) is 1. The number of halogens is 1. The number of sulfonamides is 1. The van der Waals surface area contributed by atoms with E-state index in [0.717, 1.165) is 31.7 Å². The molecule has 1 fully saturated rings. The lowest BCUT2D eigenvalue weighted by Crippen LogP contribution is -2.47. The van der Waals surface area contributed by atoms with E-state index in [4.69, 9.17) is 16.7 Å². The van der Waals surface area contributed by atoms with Gasteiger partial charge in [-0.15, -0.1) is 0 Å². The first-order chi connectivity index (χ1) is 12.6. The Morgan fingerprint density at radius 2 is 1.78 bits per heavy atom. The van der Waals surface area contributed by atoms with Gasteiger partial charge in [-0.1, -0.05) is 24.4 Å². The lowest BCUT2D eigenvalue weighted by molar-refractivity contribution is -0.141. The van der Waals surface area contributed by atoms with Crippen molar-refractivity contribution in [3.05, 3.63) is 28.8 Å². The minimum absolute atomic E-state index is 0.0129. The molecule has 150 valence electrons. The molecular weight excluding hydrogens is 396 g/mol. The molecule has 0 spiro atoms. The predicted octanol–water partition coefficient (Wildman–Crippen LogP) is 1.47. The Bertz CT molecular complexity index is 804. The van der Waals surface area contributed by atoms with E-state index in [1.807, 2.05) is 0 Å². The molecule has 1 saturated heterocycles. The van der Waals surface area contributed by atoms with E-state index in [1.54, 1.807) is 0 Å². The van der Waals surface area contributed by atoms with E-state index in [2.05, 4.69) is 5.32 Å². The van der Waals surface area contributed by atoms with Crippen molar-refractivity contribution >= 4 is 33.5 Å². The van der Waals surface area contributed by atoms with E-state index < -0.39 is 34.0 Å². The van der Waals surface area contributed by atoms with Crippen LogP contribution in [0.3, 0.4) is 0 Å². The number of carboxylic acid groups (broad SMARTS) is 1. The quantitative estimate of drug-likeness (QED) is 0.642. The summed E-state index contributed by atoms with van der Waals surface area (Å²) < 4.78 is 27.3. The Hall–Kier alpha value is -1.68. The molecule has 3 N–H and O–H groups in total. The zero-order valence-corrected chi connectivity index (χ0v) is 16.5. The monoisotopic (exact) mass is 418 g/mol. The Morgan fingerprint density at radius 3 is 2.30 bits per heavy atom. The highest BCUT2D eigenvalue weighted by Crippen LogP contribution is 2.27. The number of carbonyl (C=O) groups excluding carboxylic acids is 1. The van der Waals surface area contributed by atoms with Crippen LogP contribution in [0.2, 0.25) is 5.02 Å². The molecule has 0 aromatic heterocycles. The normalized spacial score (nSPS) is 18.3. The van der Waals surface area contributed by atoms with Gasteiger partial charge in [0.25, 0.3) is 5.91 Å². The lowest BCUT2D eigenvalue weighted by atomic mass is 10.1. The zero-order valence-electron chi connectivity index (χ0n) is 14.9. The standard InChI is InChI=1S/C17H23ClN2O6S/c1-11(21)15(17(23)24)19-16(22)12-6-7-13(18)14(10-12)27(25,26)20-8-4-2-3-5-9-20/h6-7,10-11,15,21H,2-5,8-9H2,1H3,(H,19,22)(H,23,24)/t11-,15-/m0/s1. The Kier molecular flexibility index (Phi) is 7.21. The average molecular weight is 419 g/mol. The third-order valence-corrected chi connectivity index (χ3v) is 6.79. The van der Waals surface area contributed by atoms with Crippen LogP contribution in [0.5, 0.6) is 0 Å². The molecule has 27 heavy (non-hydrogen) atoms. The number of aliphatic carboxylic acids is 1. The van der Waals surface area contributed by atoms with Crippen molar-refractivity contribution < 1.29 is 28.2 Å². The third-order valence-electron chi connectivity index (χ3n) is 4.41. The summed E-state index contributed by atoms with van der Waals surface area (Å²) in [7, 11) is -3.88. The largest absolute Gasteiger partial charge is 0.480 e. The second kappa shape index (κ2) is 9.01. The number of carbonyl (C=O) groups is 2. The van der Waals surface area contributed by atoms with Crippen LogP contribution in [0.25, 0.3) is 0 Å². The maximum atomic E-state index is 12.9. The molecule has 0 radical (unpaired) electrons. The first-order valence-electron chi connectivity index (χ1n) is 8.66. The zero-order chi connectivity index (χ0) is 20.2. The molecule has 1 aliphatic heterocycles. The SMILES string of the molecule is C[C@H](O)[C@H](NC(=O)c1ccc(Cl)c(S(=O)(=O)N2CCCCCC2)c1)C(=O)O. The van der Waals surface area contributed by atoms with Crippen LogP contribution < -0.4 is 5.32 Å². The minimum atomic E-state index is -3.88. The Morgan fingerprint density at radius 1 is 1.19 bits per heavy atom. The number of amides is 1. The average Bonchev–Trinajstić information content (AvgIpc) is 2.89. The van der Waals surface area contributed by atoms with Gasteiger partial charge in [-0.3, -0.25) is 4.79 Å². The van der Waals surface area contributed by atoms with Gasteiger partial charge >= 0.3 is 5.97 Å². The highest BCUT2D eigenvalue weighted by molar-refractivity contribution is 7.89. The van der Waals surface area contributed by atoms with Crippen molar-refractivity contribution in [1.82, 2.24) is 9.62 Å². The van der Waals surface area contributed by atoms with Gasteiger partial charge in [0.2, 0.25) is 10.0 Å².